The van der Waals surface area contributed by atoms with Crippen LogP contribution in [-0.4, -0.2) is 27.2 Å². The summed E-state index contributed by atoms with van der Waals surface area (Å²) in [5.41, 5.74) is 5.79. The summed E-state index contributed by atoms with van der Waals surface area (Å²) in [5.74, 6) is 5.34. The lowest BCUT2D eigenvalue weighted by Crippen LogP contribution is -2.40. The molecule has 2 bridgehead atoms. The van der Waals surface area contributed by atoms with Crippen LogP contribution in [0.4, 0.5) is 17.2 Å². The fourth-order valence-electron chi connectivity index (χ4n) is 8.31. The minimum atomic E-state index is 0.0232. The van der Waals surface area contributed by atoms with Crippen LogP contribution in [0, 0.1) is 11.8 Å². The van der Waals surface area contributed by atoms with Crippen LogP contribution in [0.5, 0.6) is 11.5 Å². The van der Waals surface area contributed by atoms with Crippen molar-refractivity contribution in [2.75, 3.05) is 16.5 Å². The van der Waals surface area contributed by atoms with Gasteiger partial charge in [0.2, 0.25) is 0 Å². The van der Waals surface area contributed by atoms with Crippen molar-refractivity contribution in [2.24, 2.45) is 11.8 Å². The zero-order valence-corrected chi connectivity index (χ0v) is 26.7. The largest absolute Gasteiger partial charge is 0.457 e. The first-order valence-corrected chi connectivity index (χ1v) is 16.7. The van der Waals surface area contributed by atoms with E-state index in [2.05, 4.69) is 120 Å². The molecule has 3 aromatic carbocycles. The predicted octanol–water partition coefficient (Wildman–Crippen LogP) is 9.77. The third-order valence-corrected chi connectivity index (χ3v) is 10.6. The van der Waals surface area contributed by atoms with Gasteiger partial charge in [-0.05, 0) is 96.7 Å². The summed E-state index contributed by atoms with van der Waals surface area (Å²) < 4.78 is 8.88. The van der Waals surface area contributed by atoms with E-state index in [9.17, 15) is 0 Å². The summed E-state index contributed by atoms with van der Waals surface area (Å²) in [6.07, 6.45) is 9.30. The van der Waals surface area contributed by atoms with Gasteiger partial charge in [0.15, 0.2) is 5.82 Å². The summed E-state index contributed by atoms with van der Waals surface area (Å²) in [6.45, 7) is 7.55. The number of hydrogen-bond acceptors (Lipinski definition) is 5. The summed E-state index contributed by atoms with van der Waals surface area (Å²) in [4.78, 5) is 14.7. The van der Waals surface area contributed by atoms with E-state index in [1.165, 1.54) is 47.7 Å². The Bertz CT molecular complexity index is 2110. The average molecular weight is 606 g/mol. The highest BCUT2D eigenvalue weighted by molar-refractivity contribution is 6.09. The molecule has 0 radical (unpaired) electrons. The molecule has 0 amide bonds. The van der Waals surface area contributed by atoms with Crippen molar-refractivity contribution in [1.82, 2.24) is 14.5 Å². The summed E-state index contributed by atoms with van der Waals surface area (Å²) in [6, 6.07) is 32.6. The molecule has 0 N–H and O–H groups in total. The number of pyridine rings is 2. The SMILES string of the molecule is CC(C)(C)c1ccnc(-n2c3ccccc3c3ccc(Oc4cccc(N5CN(C6CC7CCC6C7)c6ncccc65)c4)cc32)c1. The van der Waals surface area contributed by atoms with Crippen molar-refractivity contribution in [1.29, 1.82) is 0 Å². The van der Waals surface area contributed by atoms with Crippen LogP contribution < -0.4 is 14.5 Å². The number of aromatic nitrogens is 3. The second-order valence-corrected chi connectivity index (χ2v) is 14.4. The smallest absolute Gasteiger partial charge is 0.154 e. The summed E-state index contributed by atoms with van der Waals surface area (Å²) in [5, 5.41) is 2.39. The highest BCUT2D eigenvalue weighted by Crippen LogP contribution is 2.51. The maximum atomic E-state index is 6.62. The van der Waals surface area contributed by atoms with Gasteiger partial charge >= 0.3 is 0 Å². The average Bonchev–Trinajstić information content (AvgIpc) is 3.86. The standard InChI is InChI=1S/C40H39N5O/c1-40(2,3)28-17-19-41-38(22-28)45-34-11-5-4-10-32(34)33-16-15-31(24-37(33)45)46-30-9-6-8-29(23-30)43-25-44(39-35(43)12-7-18-42-39)36-21-26-13-14-27(36)20-26/h4-12,15-19,22-24,26-27,36H,13-14,20-21,25H2,1-3H3. The van der Waals surface area contributed by atoms with E-state index >= 15 is 0 Å². The number of para-hydroxylation sites is 1. The van der Waals surface area contributed by atoms with Gasteiger partial charge in [-0.3, -0.25) is 4.57 Å². The van der Waals surface area contributed by atoms with Crippen molar-refractivity contribution in [3.05, 3.63) is 109 Å². The molecule has 3 aliphatic rings. The quantitative estimate of drug-likeness (QED) is 0.196. The second kappa shape index (κ2) is 10.3. The number of fused-ring (bicyclic) bond motifs is 6. The third-order valence-electron chi connectivity index (χ3n) is 10.6. The van der Waals surface area contributed by atoms with Crippen LogP contribution >= 0.6 is 0 Å². The van der Waals surface area contributed by atoms with Crippen molar-refractivity contribution < 1.29 is 4.74 Å². The predicted molar refractivity (Wildman–Crippen MR) is 187 cm³/mol. The Labute approximate surface area is 270 Å². The molecule has 0 spiro atoms. The van der Waals surface area contributed by atoms with E-state index in [0.717, 1.165) is 58.4 Å². The van der Waals surface area contributed by atoms with E-state index in [4.69, 9.17) is 14.7 Å². The Kier molecular flexibility index (Phi) is 6.18. The first-order chi connectivity index (χ1) is 22.4. The van der Waals surface area contributed by atoms with Crippen LogP contribution in [0.2, 0.25) is 0 Å². The van der Waals surface area contributed by atoms with Crippen molar-refractivity contribution >= 4 is 39.0 Å². The van der Waals surface area contributed by atoms with Gasteiger partial charge in [0.1, 0.15) is 17.3 Å². The first-order valence-electron chi connectivity index (χ1n) is 16.7. The minimum Gasteiger partial charge on any atom is -0.457 e. The maximum Gasteiger partial charge on any atom is 0.154 e. The van der Waals surface area contributed by atoms with Crippen LogP contribution in [0.25, 0.3) is 27.6 Å². The van der Waals surface area contributed by atoms with Gasteiger partial charge in [-0.15, -0.1) is 0 Å². The molecule has 1 aliphatic heterocycles. The molecule has 46 heavy (non-hydrogen) atoms. The van der Waals surface area contributed by atoms with Gasteiger partial charge in [-0.25, -0.2) is 9.97 Å². The molecule has 2 aliphatic carbocycles. The van der Waals surface area contributed by atoms with E-state index < -0.39 is 0 Å². The highest BCUT2D eigenvalue weighted by atomic mass is 16.5. The Morgan fingerprint density at radius 3 is 2.46 bits per heavy atom. The molecule has 6 heteroatoms. The van der Waals surface area contributed by atoms with Crippen molar-refractivity contribution in [2.45, 2.75) is 57.9 Å². The molecule has 230 valence electrons. The monoisotopic (exact) mass is 605 g/mol. The fourth-order valence-corrected chi connectivity index (χ4v) is 8.31. The Morgan fingerprint density at radius 1 is 0.739 bits per heavy atom. The van der Waals surface area contributed by atoms with Crippen LogP contribution in [0.15, 0.2) is 103 Å². The lowest BCUT2D eigenvalue weighted by molar-refractivity contribution is 0.396. The topological polar surface area (TPSA) is 46.4 Å². The summed E-state index contributed by atoms with van der Waals surface area (Å²) in [7, 11) is 0. The molecule has 6 nitrogen and oxygen atoms in total. The number of anilines is 3. The molecular formula is C40H39N5O. The zero-order valence-electron chi connectivity index (χ0n) is 26.7. The number of hydrogen-bond donors (Lipinski definition) is 0. The number of rotatable bonds is 5. The fraction of sp³-hybridized carbons (Fsp3) is 0.300. The van der Waals surface area contributed by atoms with Gasteiger partial charge in [-0.2, -0.15) is 0 Å². The molecule has 2 fully saturated rings. The Balaban J connectivity index is 1.07. The van der Waals surface area contributed by atoms with Crippen LogP contribution in [0.1, 0.15) is 52.0 Å². The molecule has 3 aromatic heterocycles. The molecular weight excluding hydrogens is 566 g/mol. The van der Waals surface area contributed by atoms with E-state index in [0.29, 0.717) is 6.04 Å². The Morgan fingerprint density at radius 2 is 1.61 bits per heavy atom. The van der Waals surface area contributed by atoms with E-state index in [1.54, 1.807) is 0 Å². The molecule has 0 saturated heterocycles. The van der Waals surface area contributed by atoms with Crippen molar-refractivity contribution in [3.63, 3.8) is 0 Å². The maximum absolute atomic E-state index is 6.62. The minimum absolute atomic E-state index is 0.0232. The van der Waals surface area contributed by atoms with E-state index in [-0.39, 0.29) is 5.41 Å². The van der Waals surface area contributed by atoms with Crippen LogP contribution in [-0.2, 0) is 5.41 Å². The molecule has 4 heterocycles. The van der Waals surface area contributed by atoms with Crippen LogP contribution in [0.3, 0.4) is 0 Å². The molecule has 9 rings (SSSR count). The van der Waals surface area contributed by atoms with Gasteiger partial charge in [0, 0.05) is 47.0 Å². The second-order valence-electron chi connectivity index (χ2n) is 14.4. The molecule has 2 saturated carbocycles. The molecule has 3 atom stereocenters. The van der Waals surface area contributed by atoms with Gasteiger partial charge in [-0.1, -0.05) is 51.5 Å². The molecule has 3 unspecified atom stereocenters. The molecule has 6 aromatic rings. The van der Waals surface area contributed by atoms with Crippen molar-refractivity contribution in [3.8, 4) is 17.3 Å². The summed E-state index contributed by atoms with van der Waals surface area (Å²) >= 11 is 0. The van der Waals surface area contributed by atoms with Gasteiger partial charge in [0.05, 0.1) is 23.4 Å². The zero-order chi connectivity index (χ0) is 31.0. The highest BCUT2D eigenvalue weighted by Gasteiger charge is 2.45. The third kappa shape index (κ3) is 4.45. The lowest BCUT2D eigenvalue weighted by atomic mass is 9.88. The van der Waals surface area contributed by atoms with Gasteiger partial charge < -0.3 is 14.5 Å². The number of nitrogens with zero attached hydrogens (tertiary/aromatic N) is 5. The number of benzene rings is 3. The van der Waals surface area contributed by atoms with E-state index in [1.807, 2.05) is 18.5 Å². The number of ether oxygens (including phenoxy) is 1. The lowest BCUT2D eigenvalue weighted by Gasteiger charge is -2.33. The van der Waals surface area contributed by atoms with Gasteiger partial charge in [0.25, 0.3) is 0 Å². The Hall–Kier alpha value is -4.84. The first kappa shape index (κ1) is 27.5. The normalized spacial score (nSPS) is 20.6.